The summed E-state index contributed by atoms with van der Waals surface area (Å²) in [6.07, 6.45) is 0.794. The van der Waals surface area contributed by atoms with Gasteiger partial charge in [-0.1, -0.05) is 36.4 Å². The molecule has 0 saturated heterocycles. The van der Waals surface area contributed by atoms with Crippen molar-refractivity contribution < 1.29 is 19.1 Å². The Bertz CT molecular complexity index is 988. The maximum absolute atomic E-state index is 12.6. The molecule has 0 aliphatic rings. The van der Waals surface area contributed by atoms with Gasteiger partial charge in [-0.15, -0.1) is 0 Å². The van der Waals surface area contributed by atoms with Gasteiger partial charge in [-0.2, -0.15) is 0 Å². The molecule has 2 N–H and O–H groups in total. The highest BCUT2D eigenvalue weighted by Crippen LogP contribution is 2.16. The van der Waals surface area contributed by atoms with Gasteiger partial charge in [0.15, 0.2) is 0 Å². The van der Waals surface area contributed by atoms with Crippen molar-refractivity contribution in [2.24, 2.45) is 0 Å². The summed E-state index contributed by atoms with van der Waals surface area (Å²) in [7, 11) is 1.58. The molecule has 6 nitrogen and oxygen atoms in total. The quantitative estimate of drug-likeness (QED) is 0.489. The van der Waals surface area contributed by atoms with Crippen molar-refractivity contribution in [3.8, 4) is 5.75 Å². The van der Waals surface area contributed by atoms with E-state index in [2.05, 4.69) is 22.8 Å². The first-order valence-corrected chi connectivity index (χ1v) is 10.1. The van der Waals surface area contributed by atoms with Gasteiger partial charge in [0.1, 0.15) is 5.75 Å². The van der Waals surface area contributed by atoms with E-state index in [4.69, 9.17) is 9.47 Å². The van der Waals surface area contributed by atoms with Crippen molar-refractivity contribution >= 4 is 17.5 Å². The number of ether oxygens (including phenoxy) is 2. The fourth-order valence-corrected chi connectivity index (χ4v) is 2.94. The second-order valence-corrected chi connectivity index (χ2v) is 6.89. The Labute approximate surface area is 182 Å². The van der Waals surface area contributed by atoms with Crippen molar-refractivity contribution in [3.05, 3.63) is 95.6 Å². The average Bonchev–Trinajstić information content (AvgIpc) is 2.80. The molecule has 3 aromatic carbocycles. The highest BCUT2D eigenvalue weighted by molar-refractivity contribution is 6.04. The molecule has 0 fully saturated rings. The van der Waals surface area contributed by atoms with Gasteiger partial charge in [-0.25, -0.2) is 0 Å². The number of nitrogens with one attached hydrogen (secondary N) is 2. The first-order chi connectivity index (χ1) is 15.2. The van der Waals surface area contributed by atoms with E-state index >= 15 is 0 Å². The fraction of sp³-hybridized carbons (Fsp3) is 0.200. The van der Waals surface area contributed by atoms with E-state index < -0.39 is 0 Å². The summed E-state index contributed by atoms with van der Waals surface area (Å²) in [5.41, 5.74) is 2.82. The lowest BCUT2D eigenvalue weighted by Gasteiger charge is -2.10. The van der Waals surface area contributed by atoms with Crippen LogP contribution in [0, 0.1) is 0 Å². The normalized spacial score (nSPS) is 10.4. The molecular formula is C25H26N2O4. The van der Waals surface area contributed by atoms with Crippen molar-refractivity contribution in [2.75, 3.05) is 32.2 Å². The van der Waals surface area contributed by atoms with Gasteiger partial charge in [0.25, 0.3) is 11.8 Å². The van der Waals surface area contributed by atoms with Crippen LogP contribution in [-0.4, -0.2) is 38.7 Å². The van der Waals surface area contributed by atoms with Crippen molar-refractivity contribution in [3.63, 3.8) is 0 Å². The van der Waals surface area contributed by atoms with E-state index in [0.717, 1.165) is 6.42 Å². The maximum Gasteiger partial charge on any atom is 0.255 e. The van der Waals surface area contributed by atoms with E-state index in [1.165, 1.54) is 5.56 Å². The molecule has 0 saturated carbocycles. The van der Waals surface area contributed by atoms with Gasteiger partial charge < -0.3 is 20.1 Å². The molecule has 0 bridgehead atoms. The number of anilines is 1. The van der Waals surface area contributed by atoms with Crippen LogP contribution in [0.4, 0.5) is 5.69 Å². The lowest BCUT2D eigenvalue weighted by molar-refractivity contribution is 0.0936. The summed E-state index contributed by atoms with van der Waals surface area (Å²) in [5.74, 6) is 0.216. The second-order valence-electron chi connectivity index (χ2n) is 6.89. The molecule has 0 atom stereocenters. The lowest BCUT2D eigenvalue weighted by Crippen LogP contribution is -2.26. The van der Waals surface area contributed by atoms with Crippen LogP contribution >= 0.6 is 0 Å². The molecule has 6 heteroatoms. The van der Waals surface area contributed by atoms with Gasteiger partial charge in [-0.05, 0) is 48.0 Å². The van der Waals surface area contributed by atoms with Gasteiger partial charge >= 0.3 is 0 Å². The number of hydrogen-bond donors (Lipinski definition) is 2. The molecule has 0 aliphatic carbocycles. The maximum atomic E-state index is 12.6. The summed E-state index contributed by atoms with van der Waals surface area (Å²) in [6, 6.07) is 23.9. The topological polar surface area (TPSA) is 76.7 Å². The first kappa shape index (κ1) is 22.1. The third-order valence-corrected chi connectivity index (χ3v) is 4.60. The predicted octanol–water partition coefficient (Wildman–Crippen LogP) is 3.94. The van der Waals surface area contributed by atoms with Gasteiger partial charge in [0.2, 0.25) is 0 Å². The Hall–Kier alpha value is -3.64. The third-order valence-electron chi connectivity index (χ3n) is 4.60. The Morgan fingerprint density at radius 3 is 2.32 bits per heavy atom. The largest absolute Gasteiger partial charge is 0.493 e. The van der Waals surface area contributed by atoms with Crippen LogP contribution in [0.15, 0.2) is 78.9 Å². The second kappa shape index (κ2) is 11.5. The molecule has 31 heavy (non-hydrogen) atoms. The molecule has 2 amide bonds. The Balaban J connectivity index is 1.53. The molecule has 0 radical (unpaired) electrons. The fourth-order valence-electron chi connectivity index (χ4n) is 2.94. The van der Waals surface area contributed by atoms with E-state index in [9.17, 15) is 9.59 Å². The predicted molar refractivity (Wildman–Crippen MR) is 121 cm³/mol. The van der Waals surface area contributed by atoms with E-state index in [1.54, 1.807) is 49.6 Å². The van der Waals surface area contributed by atoms with Crippen LogP contribution in [0.3, 0.4) is 0 Å². The minimum absolute atomic E-state index is 0.185. The lowest BCUT2D eigenvalue weighted by atomic mass is 10.1. The molecule has 0 spiro atoms. The Morgan fingerprint density at radius 1 is 0.806 bits per heavy atom. The molecule has 160 valence electrons. The number of benzene rings is 3. The summed E-state index contributed by atoms with van der Waals surface area (Å²) in [6.45, 7) is 1.43. The molecule has 0 aliphatic heterocycles. The molecular weight excluding hydrogens is 392 g/mol. The summed E-state index contributed by atoms with van der Waals surface area (Å²) >= 11 is 0. The van der Waals surface area contributed by atoms with Gasteiger partial charge in [0, 0.05) is 36.9 Å². The number of hydrogen-bond acceptors (Lipinski definition) is 4. The average molecular weight is 418 g/mol. The Kier molecular flexibility index (Phi) is 8.20. The van der Waals surface area contributed by atoms with Crippen LogP contribution in [0.2, 0.25) is 0 Å². The van der Waals surface area contributed by atoms with Crippen LogP contribution in [0.25, 0.3) is 0 Å². The minimum atomic E-state index is -0.245. The zero-order valence-electron chi connectivity index (χ0n) is 17.5. The van der Waals surface area contributed by atoms with Crippen LogP contribution in [0.1, 0.15) is 26.3 Å². The number of rotatable bonds is 10. The number of carbonyl (C=O) groups excluding carboxylic acids is 2. The summed E-state index contributed by atoms with van der Waals surface area (Å²) in [5, 5.41) is 5.59. The smallest absolute Gasteiger partial charge is 0.255 e. The molecule has 0 aromatic heterocycles. The van der Waals surface area contributed by atoms with E-state index in [0.29, 0.717) is 42.3 Å². The standard InChI is InChI=1S/C25H26N2O4/c1-30-17-15-26-24(28)20-10-12-22(13-11-20)27-25(29)21-8-5-9-23(18-21)31-16-14-19-6-3-2-4-7-19/h2-13,18H,14-17H2,1H3,(H,26,28)(H,27,29). The summed E-state index contributed by atoms with van der Waals surface area (Å²) < 4.78 is 10.7. The highest BCUT2D eigenvalue weighted by atomic mass is 16.5. The van der Waals surface area contributed by atoms with Crippen LogP contribution in [0.5, 0.6) is 5.75 Å². The van der Waals surface area contributed by atoms with Crippen molar-refractivity contribution in [1.82, 2.24) is 5.32 Å². The number of methoxy groups -OCH3 is 1. The van der Waals surface area contributed by atoms with E-state index in [1.807, 2.05) is 24.3 Å². The molecule has 3 rings (SSSR count). The van der Waals surface area contributed by atoms with Crippen LogP contribution < -0.4 is 15.4 Å². The summed E-state index contributed by atoms with van der Waals surface area (Å²) in [4.78, 5) is 24.6. The monoisotopic (exact) mass is 418 g/mol. The number of carbonyl (C=O) groups is 2. The van der Waals surface area contributed by atoms with Crippen molar-refractivity contribution in [1.29, 1.82) is 0 Å². The number of amides is 2. The molecule has 0 unspecified atom stereocenters. The van der Waals surface area contributed by atoms with Gasteiger partial charge in [0.05, 0.1) is 13.2 Å². The van der Waals surface area contributed by atoms with Crippen LogP contribution in [-0.2, 0) is 11.2 Å². The molecule has 0 heterocycles. The zero-order chi connectivity index (χ0) is 21.9. The SMILES string of the molecule is COCCNC(=O)c1ccc(NC(=O)c2cccc(OCCc3ccccc3)c2)cc1. The Morgan fingerprint density at radius 2 is 1.58 bits per heavy atom. The third kappa shape index (κ3) is 6.97. The van der Waals surface area contributed by atoms with E-state index in [-0.39, 0.29) is 11.8 Å². The minimum Gasteiger partial charge on any atom is -0.493 e. The van der Waals surface area contributed by atoms with Crippen molar-refractivity contribution in [2.45, 2.75) is 6.42 Å². The first-order valence-electron chi connectivity index (χ1n) is 10.1. The zero-order valence-corrected chi connectivity index (χ0v) is 17.5. The highest BCUT2D eigenvalue weighted by Gasteiger charge is 2.09. The van der Waals surface area contributed by atoms with Gasteiger partial charge in [-0.3, -0.25) is 9.59 Å². The molecule has 3 aromatic rings.